The van der Waals surface area contributed by atoms with E-state index >= 15 is 0 Å². The van der Waals surface area contributed by atoms with Crippen molar-refractivity contribution >= 4 is 11.6 Å². The predicted octanol–water partition coefficient (Wildman–Crippen LogP) is 1.22. The van der Waals surface area contributed by atoms with Gasteiger partial charge in [-0.05, 0) is 31.3 Å². The van der Waals surface area contributed by atoms with Crippen LogP contribution in [0.15, 0.2) is 42.5 Å². The van der Waals surface area contributed by atoms with Crippen LogP contribution in [-0.4, -0.2) is 67.3 Å². The van der Waals surface area contributed by atoms with Crippen LogP contribution < -0.4 is 10.2 Å². The van der Waals surface area contributed by atoms with Crippen molar-refractivity contribution < 1.29 is 9.90 Å². The third kappa shape index (κ3) is 4.35. The van der Waals surface area contributed by atoms with Gasteiger partial charge in [0.2, 0.25) is 0 Å². The smallest absolute Gasteiger partial charge is 0.269 e. The predicted molar refractivity (Wildman–Crippen MR) is 98.8 cm³/mol. The molecule has 3 rings (SSSR count). The fourth-order valence-corrected chi connectivity index (χ4v) is 2.89. The Morgan fingerprint density at radius 3 is 2.52 bits per heavy atom. The minimum absolute atomic E-state index is 0.0841. The van der Waals surface area contributed by atoms with Crippen LogP contribution in [-0.2, 0) is 0 Å². The number of hydrogen-bond donors (Lipinski definition) is 2. The summed E-state index contributed by atoms with van der Waals surface area (Å²) in [6, 6.07) is 13.7. The van der Waals surface area contributed by atoms with Crippen LogP contribution in [0.5, 0.6) is 0 Å². The third-order valence-electron chi connectivity index (χ3n) is 4.41. The molecule has 6 heteroatoms. The fourth-order valence-electron chi connectivity index (χ4n) is 2.89. The van der Waals surface area contributed by atoms with Gasteiger partial charge in [0.25, 0.3) is 5.91 Å². The zero-order chi connectivity index (χ0) is 17.6. The second kappa shape index (κ2) is 8.09. The van der Waals surface area contributed by atoms with E-state index < -0.39 is 0 Å². The molecule has 0 saturated carbocycles. The van der Waals surface area contributed by atoms with Gasteiger partial charge in [0.05, 0.1) is 12.3 Å². The van der Waals surface area contributed by atoms with E-state index in [0.29, 0.717) is 5.69 Å². The van der Waals surface area contributed by atoms with Crippen LogP contribution in [0.2, 0.25) is 0 Å². The Bertz CT molecular complexity index is 710. The van der Waals surface area contributed by atoms with Gasteiger partial charge in [0.15, 0.2) is 0 Å². The maximum atomic E-state index is 12.0. The van der Waals surface area contributed by atoms with Crippen molar-refractivity contribution in [1.82, 2.24) is 15.2 Å². The van der Waals surface area contributed by atoms with Crippen LogP contribution >= 0.6 is 0 Å². The van der Waals surface area contributed by atoms with Gasteiger partial charge in [-0.3, -0.25) is 4.79 Å². The topological polar surface area (TPSA) is 68.7 Å². The highest BCUT2D eigenvalue weighted by atomic mass is 16.3. The molecule has 0 radical (unpaired) electrons. The van der Waals surface area contributed by atoms with Gasteiger partial charge in [0, 0.05) is 44.0 Å². The molecule has 2 heterocycles. The number of pyridine rings is 1. The number of nitrogens with one attached hydrogen (secondary N) is 1. The van der Waals surface area contributed by atoms with E-state index in [1.54, 1.807) is 6.07 Å². The standard InChI is InChI=1S/C19H24N4O2/c1-22-10-12-23(13-11-22)16-7-5-15(6-8-16)17-3-2-4-18(21-17)19(25)20-9-14-24/h2-8,24H,9-14H2,1H3,(H,20,25). The van der Waals surface area contributed by atoms with Gasteiger partial charge in [-0.2, -0.15) is 0 Å². The number of carbonyl (C=O) groups is 1. The number of anilines is 1. The van der Waals surface area contributed by atoms with Gasteiger partial charge < -0.3 is 20.2 Å². The quantitative estimate of drug-likeness (QED) is 0.857. The van der Waals surface area contributed by atoms with Crippen molar-refractivity contribution in [2.75, 3.05) is 51.3 Å². The fraction of sp³-hybridized carbons (Fsp3) is 0.368. The molecule has 25 heavy (non-hydrogen) atoms. The molecule has 1 aromatic heterocycles. The molecular weight excluding hydrogens is 316 g/mol. The number of aromatic nitrogens is 1. The molecule has 1 amide bonds. The first-order valence-electron chi connectivity index (χ1n) is 8.57. The van der Waals surface area contributed by atoms with E-state index in [1.165, 1.54) is 5.69 Å². The molecule has 0 atom stereocenters. The second-order valence-corrected chi connectivity index (χ2v) is 6.22. The van der Waals surface area contributed by atoms with Crippen LogP contribution in [0, 0.1) is 0 Å². The minimum atomic E-state index is -0.273. The highest BCUT2D eigenvalue weighted by molar-refractivity contribution is 5.92. The molecule has 2 N–H and O–H groups in total. The lowest BCUT2D eigenvalue weighted by molar-refractivity contribution is 0.0940. The summed E-state index contributed by atoms with van der Waals surface area (Å²) in [4.78, 5) is 21.1. The van der Waals surface area contributed by atoms with Gasteiger partial charge in [-0.15, -0.1) is 0 Å². The summed E-state index contributed by atoms with van der Waals surface area (Å²) < 4.78 is 0. The van der Waals surface area contributed by atoms with Crippen molar-refractivity contribution in [3.05, 3.63) is 48.2 Å². The molecule has 6 nitrogen and oxygen atoms in total. The minimum Gasteiger partial charge on any atom is -0.395 e. The average molecular weight is 340 g/mol. The maximum Gasteiger partial charge on any atom is 0.269 e. The maximum absolute atomic E-state index is 12.0. The molecule has 0 bridgehead atoms. The van der Waals surface area contributed by atoms with Gasteiger partial charge in [-0.25, -0.2) is 4.98 Å². The average Bonchev–Trinajstić information content (AvgIpc) is 2.67. The van der Waals surface area contributed by atoms with E-state index in [2.05, 4.69) is 39.3 Å². The zero-order valence-corrected chi connectivity index (χ0v) is 14.5. The Labute approximate surface area is 148 Å². The molecule has 0 aliphatic carbocycles. The van der Waals surface area contributed by atoms with Crippen LogP contribution in [0.25, 0.3) is 11.3 Å². The summed E-state index contributed by atoms with van der Waals surface area (Å²) in [5, 5.41) is 11.4. The number of rotatable bonds is 5. The van der Waals surface area contributed by atoms with Gasteiger partial charge in [-0.1, -0.05) is 18.2 Å². The second-order valence-electron chi connectivity index (χ2n) is 6.22. The summed E-state index contributed by atoms with van der Waals surface area (Å²) in [5.41, 5.74) is 3.32. The molecule has 2 aromatic rings. The van der Waals surface area contributed by atoms with Crippen LogP contribution in [0.4, 0.5) is 5.69 Å². The number of aliphatic hydroxyl groups is 1. The number of carbonyl (C=O) groups excluding carboxylic acids is 1. The van der Waals surface area contributed by atoms with Crippen molar-refractivity contribution in [3.63, 3.8) is 0 Å². The summed E-state index contributed by atoms with van der Waals surface area (Å²) in [6.45, 7) is 4.37. The van der Waals surface area contributed by atoms with Gasteiger partial charge >= 0.3 is 0 Å². The van der Waals surface area contributed by atoms with Gasteiger partial charge in [0.1, 0.15) is 5.69 Å². The number of aliphatic hydroxyl groups excluding tert-OH is 1. The van der Waals surface area contributed by atoms with E-state index in [4.69, 9.17) is 5.11 Å². The van der Waals surface area contributed by atoms with E-state index in [0.717, 1.165) is 37.4 Å². The third-order valence-corrected chi connectivity index (χ3v) is 4.41. The highest BCUT2D eigenvalue weighted by Crippen LogP contribution is 2.23. The lowest BCUT2D eigenvalue weighted by Crippen LogP contribution is -2.44. The lowest BCUT2D eigenvalue weighted by Gasteiger charge is -2.34. The number of amides is 1. The van der Waals surface area contributed by atoms with Crippen LogP contribution in [0.3, 0.4) is 0 Å². The Morgan fingerprint density at radius 2 is 1.84 bits per heavy atom. The Hall–Kier alpha value is -2.44. The summed E-state index contributed by atoms with van der Waals surface area (Å²) in [6.07, 6.45) is 0. The molecule has 1 aliphatic heterocycles. The molecule has 1 saturated heterocycles. The number of nitrogens with zero attached hydrogens (tertiary/aromatic N) is 3. The Kier molecular flexibility index (Phi) is 5.63. The molecule has 1 aliphatic rings. The molecular formula is C19H24N4O2. The number of likely N-dealkylation sites (N-methyl/N-ethyl adjacent to an activating group) is 1. The van der Waals surface area contributed by atoms with Crippen molar-refractivity contribution in [2.45, 2.75) is 0 Å². The number of hydrogen-bond acceptors (Lipinski definition) is 5. The highest BCUT2D eigenvalue weighted by Gasteiger charge is 2.14. The SMILES string of the molecule is CN1CCN(c2ccc(-c3cccc(C(=O)NCCO)n3)cc2)CC1. The number of piperazine rings is 1. The van der Waals surface area contributed by atoms with E-state index in [1.807, 2.05) is 24.3 Å². The molecule has 1 fully saturated rings. The molecule has 132 valence electrons. The van der Waals surface area contributed by atoms with Crippen LogP contribution in [0.1, 0.15) is 10.5 Å². The van der Waals surface area contributed by atoms with Crippen molar-refractivity contribution in [2.24, 2.45) is 0 Å². The Morgan fingerprint density at radius 1 is 1.12 bits per heavy atom. The van der Waals surface area contributed by atoms with Crippen molar-refractivity contribution in [3.8, 4) is 11.3 Å². The summed E-state index contributed by atoms with van der Waals surface area (Å²) in [5.74, 6) is -0.273. The molecule has 0 unspecified atom stereocenters. The molecule has 0 spiro atoms. The lowest BCUT2D eigenvalue weighted by atomic mass is 10.1. The summed E-state index contributed by atoms with van der Waals surface area (Å²) in [7, 11) is 2.15. The molecule has 1 aromatic carbocycles. The first-order valence-corrected chi connectivity index (χ1v) is 8.57. The number of benzene rings is 1. The van der Waals surface area contributed by atoms with E-state index in [9.17, 15) is 4.79 Å². The first kappa shape index (κ1) is 17.4. The van der Waals surface area contributed by atoms with Crippen molar-refractivity contribution in [1.29, 1.82) is 0 Å². The monoisotopic (exact) mass is 340 g/mol. The largest absolute Gasteiger partial charge is 0.395 e. The van der Waals surface area contributed by atoms with E-state index in [-0.39, 0.29) is 19.1 Å². The summed E-state index contributed by atoms with van der Waals surface area (Å²) >= 11 is 0. The normalized spacial score (nSPS) is 15.2. The first-order chi connectivity index (χ1) is 12.2. The zero-order valence-electron chi connectivity index (χ0n) is 14.5. The Balaban J connectivity index is 1.73.